The monoisotopic (exact) mass is 613 g/mol. The zero-order valence-corrected chi connectivity index (χ0v) is 26.2. The van der Waals surface area contributed by atoms with Gasteiger partial charge in [0.2, 0.25) is 0 Å². The molecule has 0 fully saturated rings. The van der Waals surface area contributed by atoms with Gasteiger partial charge in [0.15, 0.2) is 17.5 Å². The van der Waals surface area contributed by atoms with Gasteiger partial charge in [-0.1, -0.05) is 176 Å². The van der Waals surface area contributed by atoms with E-state index in [1.54, 1.807) is 0 Å². The zero-order valence-electron chi connectivity index (χ0n) is 26.2. The molecule has 3 nitrogen and oxygen atoms in total. The highest BCUT2D eigenvalue weighted by Crippen LogP contribution is 2.31. The first kappa shape index (κ1) is 29.0. The highest BCUT2D eigenvalue weighted by molar-refractivity contribution is 5.76. The van der Waals surface area contributed by atoms with E-state index in [4.69, 9.17) is 15.0 Å². The third-order valence-electron chi connectivity index (χ3n) is 8.56. The van der Waals surface area contributed by atoms with Gasteiger partial charge in [-0.05, 0) is 56.6 Å². The molecular formula is C45H31N3. The van der Waals surface area contributed by atoms with Crippen LogP contribution in [0.2, 0.25) is 0 Å². The Balaban J connectivity index is 1.20. The number of rotatable bonds is 7. The average molecular weight is 614 g/mol. The zero-order chi connectivity index (χ0) is 32.1. The summed E-state index contributed by atoms with van der Waals surface area (Å²) in [4.78, 5) is 15.1. The maximum atomic E-state index is 5.07. The summed E-state index contributed by atoms with van der Waals surface area (Å²) < 4.78 is 0. The standard InChI is InChI=1S/C45H31N3/c1-4-12-32(13-5-1)35-22-24-37(25-23-35)40-19-11-21-42(31-40)45-47-43(38-28-26-36(27-29-38)33-14-6-2-7-15-33)46-44(48-45)41-20-10-18-39(30-41)34-16-8-3-9-17-34/h1-31H. The molecule has 8 aromatic rings. The Labute approximate surface area is 280 Å². The van der Waals surface area contributed by atoms with Crippen LogP contribution in [0.3, 0.4) is 0 Å². The molecule has 0 aliphatic rings. The summed E-state index contributed by atoms with van der Waals surface area (Å²) in [7, 11) is 0. The van der Waals surface area contributed by atoms with E-state index in [0.29, 0.717) is 17.5 Å². The van der Waals surface area contributed by atoms with Crippen LogP contribution < -0.4 is 0 Å². The maximum absolute atomic E-state index is 5.07. The van der Waals surface area contributed by atoms with Gasteiger partial charge in [-0.3, -0.25) is 0 Å². The first-order valence-corrected chi connectivity index (χ1v) is 16.1. The lowest BCUT2D eigenvalue weighted by Crippen LogP contribution is -2.00. The van der Waals surface area contributed by atoms with Gasteiger partial charge in [-0.2, -0.15) is 0 Å². The van der Waals surface area contributed by atoms with Gasteiger partial charge in [0.05, 0.1) is 0 Å². The molecule has 0 aliphatic heterocycles. The van der Waals surface area contributed by atoms with Crippen LogP contribution in [0.1, 0.15) is 0 Å². The van der Waals surface area contributed by atoms with Crippen molar-refractivity contribution in [2.45, 2.75) is 0 Å². The lowest BCUT2D eigenvalue weighted by molar-refractivity contribution is 1.07. The van der Waals surface area contributed by atoms with Gasteiger partial charge < -0.3 is 0 Å². The van der Waals surface area contributed by atoms with Crippen molar-refractivity contribution in [1.82, 2.24) is 15.0 Å². The quantitative estimate of drug-likeness (QED) is 0.179. The summed E-state index contributed by atoms with van der Waals surface area (Å²) in [6.45, 7) is 0. The molecule has 1 aromatic heterocycles. The molecule has 1 heterocycles. The fourth-order valence-corrected chi connectivity index (χ4v) is 6.00. The Hall–Kier alpha value is -6.45. The molecule has 0 saturated heterocycles. The van der Waals surface area contributed by atoms with Crippen LogP contribution in [0.5, 0.6) is 0 Å². The Kier molecular flexibility index (Phi) is 7.92. The third-order valence-corrected chi connectivity index (χ3v) is 8.56. The van der Waals surface area contributed by atoms with Gasteiger partial charge in [0.25, 0.3) is 0 Å². The molecule has 0 amide bonds. The van der Waals surface area contributed by atoms with Crippen molar-refractivity contribution in [2.75, 3.05) is 0 Å². The van der Waals surface area contributed by atoms with Crippen molar-refractivity contribution in [3.8, 4) is 78.7 Å². The van der Waals surface area contributed by atoms with Crippen molar-refractivity contribution >= 4 is 0 Å². The number of nitrogens with zero attached hydrogens (tertiary/aromatic N) is 3. The minimum absolute atomic E-state index is 0.634. The van der Waals surface area contributed by atoms with Crippen LogP contribution in [-0.4, -0.2) is 15.0 Å². The SMILES string of the molecule is c1ccc(-c2ccc(-c3cccc(-c4nc(-c5ccc(-c6ccccc6)cc5)nc(-c5cccc(-c6ccccc6)c5)n4)c3)cc2)cc1. The number of benzene rings is 7. The van der Waals surface area contributed by atoms with Crippen LogP contribution in [0, 0.1) is 0 Å². The van der Waals surface area contributed by atoms with E-state index < -0.39 is 0 Å². The first-order chi connectivity index (χ1) is 23.8. The molecular weight excluding hydrogens is 583 g/mol. The molecule has 8 rings (SSSR count). The third kappa shape index (κ3) is 6.18. The van der Waals surface area contributed by atoms with Crippen LogP contribution in [0.4, 0.5) is 0 Å². The van der Waals surface area contributed by atoms with E-state index in [0.717, 1.165) is 44.5 Å². The van der Waals surface area contributed by atoms with Crippen molar-refractivity contribution in [2.24, 2.45) is 0 Å². The lowest BCUT2D eigenvalue weighted by atomic mass is 9.99. The van der Waals surface area contributed by atoms with Gasteiger partial charge >= 0.3 is 0 Å². The molecule has 0 radical (unpaired) electrons. The van der Waals surface area contributed by atoms with Crippen molar-refractivity contribution in [3.63, 3.8) is 0 Å². The summed E-state index contributed by atoms with van der Waals surface area (Å²) >= 11 is 0. The van der Waals surface area contributed by atoms with E-state index in [1.807, 2.05) is 18.2 Å². The Bertz CT molecular complexity index is 2300. The van der Waals surface area contributed by atoms with E-state index in [2.05, 4.69) is 170 Å². The molecule has 0 saturated carbocycles. The van der Waals surface area contributed by atoms with E-state index in [9.17, 15) is 0 Å². The second kappa shape index (κ2) is 13.1. The normalized spacial score (nSPS) is 10.9. The number of aromatic nitrogens is 3. The second-order valence-electron chi connectivity index (χ2n) is 11.7. The summed E-state index contributed by atoms with van der Waals surface area (Å²) in [6.07, 6.45) is 0. The lowest BCUT2D eigenvalue weighted by Gasteiger charge is -2.11. The van der Waals surface area contributed by atoms with Crippen molar-refractivity contribution in [3.05, 3.63) is 188 Å². The smallest absolute Gasteiger partial charge is 0.164 e. The van der Waals surface area contributed by atoms with Gasteiger partial charge in [-0.15, -0.1) is 0 Å². The number of hydrogen-bond donors (Lipinski definition) is 0. The Morgan fingerprint density at radius 3 is 0.833 bits per heavy atom. The number of hydrogen-bond acceptors (Lipinski definition) is 3. The molecule has 48 heavy (non-hydrogen) atoms. The van der Waals surface area contributed by atoms with Gasteiger partial charge in [0, 0.05) is 16.7 Å². The van der Waals surface area contributed by atoms with E-state index in [-0.39, 0.29) is 0 Å². The summed E-state index contributed by atoms with van der Waals surface area (Å²) in [6, 6.07) is 65.2. The fraction of sp³-hybridized carbons (Fsp3) is 0. The summed E-state index contributed by atoms with van der Waals surface area (Å²) in [5, 5.41) is 0. The minimum atomic E-state index is 0.634. The molecule has 7 aromatic carbocycles. The van der Waals surface area contributed by atoms with Crippen molar-refractivity contribution in [1.29, 1.82) is 0 Å². The Morgan fingerprint density at radius 1 is 0.188 bits per heavy atom. The maximum Gasteiger partial charge on any atom is 0.164 e. The second-order valence-corrected chi connectivity index (χ2v) is 11.7. The molecule has 0 spiro atoms. The summed E-state index contributed by atoms with van der Waals surface area (Å²) in [5.41, 5.74) is 12.0. The van der Waals surface area contributed by atoms with E-state index >= 15 is 0 Å². The average Bonchev–Trinajstić information content (AvgIpc) is 3.19. The largest absolute Gasteiger partial charge is 0.208 e. The predicted molar refractivity (Wildman–Crippen MR) is 198 cm³/mol. The molecule has 0 aliphatic carbocycles. The molecule has 226 valence electrons. The van der Waals surface area contributed by atoms with Crippen molar-refractivity contribution < 1.29 is 0 Å². The molecule has 0 atom stereocenters. The highest BCUT2D eigenvalue weighted by Gasteiger charge is 2.14. The summed E-state index contributed by atoms with van der Waals surface area (Å²) in [5.74, 6) is 1.91. The Morgan fingerprint density at radius 2 is 0.438 bits per heavy atom. The topological polar surface area (TPSA) is 38.7 Å². The molecule has 0 unspecified atom stereocenters. The van der Waals surface area contributed by atoms with Gasteiger partial charge in [-0.25, -0.2) is 15.0 Å². The highest BCUT2D eigenvalue weighted by atomic mass is 15.0. The van der Waals surface area contributed by atoms with Gasteiger partial charge in [0.1, 0.15) is 0 Å². The first-order valence-electron chi connectivity index (χ1n) is 16.1. The van der Waals surface area contributed by atoms with E-state index in [1.165, 1.54) is 16.7 Å². The van der Waals surface area contributed by atoms with Crippen LogP contribution >= 0.6 is 0 Å². The predicted octanol–water partition coefficient (Wildman–Crippen LogP) is 11.5. The molecule has 0 bridgehead atoms. The fourth-order valence-electron chi connectivity index (χ4n) is 6.00. The van der Waals surface area contributed by atoms with Crippen LogP contribution in [-0.2, 0) is 0 Å². The molecule has 3 heteroatoms. The molecule has 0 N–H and O–H groups in total. The van der Waals surface area contributed by atoms with Crippen LogP contribution in [0.15, 0.2) is 188 Å². The minimum Gasteiger partial charge on any atom is -0.208 e. The van der Waals surface area contributed by atoms with Crippen LogP contribution in [0.25, 0.3) is 78.7 Å².